The average molecular weight is 217 g/mol. The largest absolute Gasteiger partial charge is 0.384 e. The summed E-state index contributed by atoms with van der Waals surface area (Å²) in [5, 5.41) is 11.4. The van der Waals surface area contributed by atoms with E-state index in [-0.39, 0.29) is 18.6 Å². The summed E-state index contributed by atoms with van der Waals surface area (Å²) >= 11 is 0. The molecule has 84 valence electrons. The SMILES string of the molecule is CC(=O)NC(C)c1cccc(C#CCO)c1. The minimum Gasteiger partial charge on any atom is -0.384 e. The van der Waals surface area contributed by atoms with Crippen LogP contribution in [0.3, 0.4) is 0 Å². The molecular formula is C13H15NO2. The molecule has 1 aromatic carbocycles. The van der Waals surface area contributed by atoms with Gasteiger partial charge in [0.25, 0.3) is 0 Å². The van der Waals surface area contributed by atoms with Crippen molar-refractivity contribution in [3.05, 3.63) is 35.4 Å². The molecule has 0 aliphatic carbocycles. The number of amides is 1. The highest BCUT2D eigenvalue weighted by Crippen LogP contribution is 2.13. The van der Waals surface area contributed by atoms with Gasteiger partial charge in [0, 0.05) is 12.5 Å². The van der Waals surface area contributed by atoms with Crippen molar-refractivity contribution < 1.29 is 9.90 Å². The van der Waals surface area contributed by atoms with Gasteiger partial charge in [-0.3, -0.25) is 4.79 Å². The molecule has 3 heteroatoms. The first kappa shape index (κ1) is 12.3. The third-order valence-corrected chi connectivity index (χ3v) is 2.12. The fraction of sp³-hybridized carbons (Fsp3) is 0.308. The van der Waals surface area contributed by atoms with Crippen LogP contribution >= 0.6 is 0 Å². The first-order valence-electron chi connectivity index (χ1n) is 5.10. The van der Waals surface area contributed by atoms with Gasteiger partial charge in [0.15, 0.2) is 0 Å². The lowest BCUT2D eigenvalue weighted by molar-refractivity contribution is -0.119. The molecule has 16 heavy (non-hydrogen) atoms. The molecule has 1 atom stereocenters. The Hall–Kier alpha value is -1.79. The zero-order valence-corrected chi connectivity index (χ0v) is 9.45. The molecule has 1 unspecified atom stereocenters. The van der Waals surface area contributed by atoms with Crippen molar-refractivity contribution in [1.82, 2.24) is 5.32 Å². The average Bonchev–Trinajstić information content (AvgIpc) is 2.26. The van der Waals surface area contributed by atoms with Crippen molar-refractivity contribution in [1.29, 1.82) is 0 Å². The molecule has 0 bridgehead atoms. The van der Waals surface area contributed by atoms with Crippen molar-refractivity contribution >= 4 is 5.91 Å². The van der Waals surface area contributed by atoms with Gasteiger partial charge in [0.1, 0.15) is 6.61 Å². The Bertz CT molecular complexity index is 429. The predicted molar refractivity (Wildman–Crippen MR) is 62.6 cm³/mol. The predicted octanol–water partition coefficient (Wildman–Crippen LogP) is 1.23. The van der Waals surface area contributed by atoms with Crippen LogP contribution in [0.1, 0.15) is 31.0 Å². The van der Waals surface area contributed by atoms with Gasteiger partial charge in [-0.15, -0.1) is 0 Å². The number of benzene rings is 1. The smallest absolute Gasteiger partial charge is 0.217 e. The molecule has 0 aromatic heterocycles. The number of carbonyl (C=O) groups is 1. The van der Waals surface area contributed by atoms with Crippen LogP contribution in [0.5, 0.6) is 0 Å². The summed E-state index contributed by atoms with van der Waals surface area (Å²) in [6, 6.07) is 7.56. The van der Waals surface area contributed by atoms with Gasteiger partial charge < -0.3 is 10.4 Å². The molecule has 0 radical (unpaired) electrons. The summed E-state index contributed by atoms with van der Waals surface area (Å²) in [6.45, 7) is 3.26. The Balaban J connectivity index is 2.85. The zero-order valence-electron chi connectivity index (χ0n) is 9.45. The highest BCUT2D eigenvalue weighted by atomic mass is 16.2. The van der Waals surface area contributed by atoms with Gasteiger partial charge in [-0.05, 0) is 24.6 Å². The Kier molecular flexibility index (Phi) is 4.56. The third-order valence-electron chi connectivity index (χ3n) is 2.12. The molecule has 0 heterocycles. The molecule has 0 saturated carbocycles. The second kappa shape index (κ2) is 5.94. The molecule has 3 nitrogen and oxygen atoms in total. The minimum absolute atomic E-state index is 0.0339. The van der Waals surface area contributed by atoms with E-state index in [9.17, 15) is 4.79 Å². The Morgan fingerprint density at radius 2 is 2.31 bits per heavy atom. The molecule has 1 amide bonds. The van der Waals surface area contributed by atoms with Crippen LogP contribution in [0.25, 0.3) is 0 Å². The molecule has 1 rings (SSSR count). The topological polar surface area (TPSA) is 49.3 Å². The van der Waals surface area contributed by atoms with Gasteiger partial charge >= 0.3 is 0 Å². The molecule has 0 aliphatic rings. The summed E-state index contributed by atoms with van der Waals surface area (Å²) < 4.78 is 0. The van der Waals surface area contributed by atoms with E-state index in [1.165, 1.54) is 6.92 Å². The first-order chi connectivity index (χ1) is 7.63. The standard InChI is InChI=1S/C13H15NO2/c1-10(14-11(2)16)13-7-3-5-12(9-13)6-4-8-15/h3,5,7,9-10,15H,8H2,1-2H3,(H,14,16). The van der Waals surface area contributed by atoms with E-state index in [1.807, 2.05) is 31.2 Å². The van der Waals surface area contributed by atoms with Crippen molar-refractivity contribution in [2.75, 3.05) is 6.61 Å². The summed E-state index contributed by atoms with van der Waals surface area (Å²) in [4.78, 5) is 10.9. The summed E-state index contributed by atoms with van der Waals surface area (Å²) in [6.07, 6.45) is 0. The second-order valence-corrected chi connectivity index (χ2v) is 3.51. The minimum atomic E-state index is -0.147. The molecule has 0 saturated heterocycles. The van der Waals surface area contributed by atoms with Gasteiger partial charge in [-0.1, -0.05) is 24.0 Å². The van der Waals surface area contributed by atoms with E-state index in [0.717, 1.165) is 11.1 Å². The van der Waals surface area contributed by atoms with E-state index in [1.54, 1.807) is 0 Å². The lowest BCUT2D eigenvalue weighted by Gasteiger charge is -2.12. The maximum absolute atomic E-state index is 10.9. The molecule has 0 aliphatic heterocycles. The van der Waals surface area contributed by atoms with E-state index in [4.69, 9.17) is 5.11 Å². The third kappa shape index (κ3) is 3.76. The van der Waals surface area contributed by atoms with E-state index >= 15 is 0 Å². The summed E-state index contributed by atoms with van der Waals surface area (Å²) in [5.41, 5.74) is 1.84. The van der Waals surface area contributed by atoms with Gasteiger partial charge in [0.05, 0.1) is 6.04 Å². The van der Waals surface area contributed by atoms with Crippen molar-refractivity contribution in [2.24, 2.45) is 0 Å². The van der Waals surface area contributed by atoms with Gasteiger partial charge in [-0.25, -0.2) is 0 Å². The molecular weight excluding hydrogens is 202 g/mol. The maximum atomic E-state index is 10.9. The maximum Gasteiger partial charge on any atom is 0.217 e. The number of hydrogen-bond acceptors (Lipinski definition) is 2. The summed E-state index contributed by atoms with van der Waals surface area (Å²) in [5.74, 6) is 5.36. The van der Waals surface area contributed by atoms with E-state index in [2.05, 4.69) is 17.2 Å². The van der Waals surface area contributed by atoms with Crippen molar-refractivity contribution in [3.8, 4) is 11.8 Å². The quantitative estimate of drug-likeness (QED) is 0.732. The van der Waals surface area contributed by atoms with Crippen LogP contribution in [-0.2, 0) is 4.79 Å². The normalized spacial score (nSPS) is 11.2. The Labute approximate surface area is 95.5 Å². The Morgan fingerprint density at radius 3 is 2.94 bits per heavy atom. The fourth-order valence-corrected chi connectivity index (χ4v) is 1.42. The van der Waals surface area contributed by atoms with Crippen LogP contribution < -0.4 is 5.32 Å². The lowest BCUT2D eigenvalue weighted by atomic mass is 10.1. The van der Waals surface area contributed by atoms with E-state index < -0.39 is 0 Å². The van der Waals surface area contributed by atoms with Crippen LogP contribution in [0.15, 0.2) is 24.3 Å². The monoisotopic (exact) mass is 217 g/mol. The van der Waals surface area contributed by atoms with Crippen LogP contribution in [-0.4, -0.2) is 17.6 Å². The number of carbonyl (C=O) groups excluding carboxylic acids is 1. The van der Waals surface area contributed by atoms with Crippen molar-refractivity contribution in [2.45, 2.75) is 19.9 Å². The van der Waals surface area contributed by atoms with Crippen LogP contribution in [0.4, 0.5) is 0 Å². The number of aliphatic hydroxyl groups is 1. The number of nitrogens with one attached hydrogen (secondary N) is 1. The highest BCUT2D eigenvalue weighted by molar-refractivity contribution is 5.73. The fourth-order valence-electron chi connectivity index (χ4n) is 1.42. The van der Waals surface area contributed by atoms with Gasteiger partial charge in [-0.2, -0.15) is 0 Å². The Morgan fingerprint density at radius 1 is 1.56 bits per heavy atom. The molecule has 2 N–H and O–H groups in total. The van der Waals surface area contributed by atoms with Crippen molar-refractivity contribution in [3.63, 3.8) is 0 Å². The highest BCUT2D eigenvalue weighted by Gasteiger charge is 2.05. The zero-order chi connectivity index (χ0) is 12.0. The number of rotatable bonds is 2. The number of hydrogen-bond donors (Lipinski definition) is 2. The molecule has 0 fully saturated rings. The lowest BCUT2D eigenvalue weighted by Crippen LogP contribution is -2.23. The summed E-state index contributed by atoms with van der Waals surface area (Å²) in [7, 11) is 0. The van der Waals surface area contributed by atoms with Gasteiger partial charge in [0.2, 0.25) is 5.91 Å². The van der Waals surface area contributed by atoms with E-state index in [0.29, 0.717) is 0 Å². The van der Waals surface area contributed by atoms with Crippen LogP contribution in [0, 0.1) is 11.8 Å². The second-order valence-electron chi connectivity index (χ2n) is 3.51. The van der Waals surface area contributed by atoms with Crippen LogP contribution in [0.2, 0.25) is 0 Å². The molecule has 1 aromatic rings. The number of aliphatic hydroxyl groups excluding tert-OH is 1. The first-order valence-corrected chi connectivity index (χ1v) is 5.10. The molecule has 0 spiro atoms.